The monoisotopic (exact) mass is 588 g/mol. The quantitative estimate of drug-likeness (QED) is 0.258. The number of hydrogen-bond donors (Lipinski definition) is 4. The molecule has 4 N–H and O–H groups in total. The van der Waals surface area contributed by atoms with E-state index in [4.69, 9.17) is 13.9 Å². The average Bonchev–Trinajstić information content (AvgIpc) is 3.48. The zero-order valence-corrected chi connectivity index (χ0v) is 23.6. The number of benzene rings is 2. The predicted octanol–water partition coefficient (Wildman–Crippen LogP) is 3.63. The number of ether oxygens (including phenoxy) is 2. The molecule has 2 heterocycles. The van der Waals surface area contributed by atoms with Gasteiger partial charge in [-0.25, -0.2) is 28.2 Å². The van der Waals surface area contributed by atoms with E-state index in [0.29, 0.717) is 34.9 Å². The van der Waals surface area contributed by atoms with Gasteiger partial charge in [0.25, 0.3) is 0 Å². The van der Waals surface area contributed by atoms with E-state index in [1.54, 1.807) is 48.7 Å². The fourth-order valence-electron chi connectivity index (χ4n) is 4.38. The Hall–Kier alpha value is -4.14. The molecule has 1 aliphatic heterocycles. The molecule has 3 aromatic rings. The molecule has 0 radical (unpaired) electrons. The second-order valence-electron chi connectivity index (χ2n) is 9.73. The molecule has 0 aliphatic carbocycles. The highest BCUT2D eigenvalue weighted by atomic mass is 32.2. The Morgan fingerprint density at radius 2 is 1.85 bits per heavy atom. The molecule has 41 heavy (non-hydrogen) atoms. The van der Waals surface area contributed by atoms with Gasteiger partial charge in [-0.15, -0.1) is 0 Å². The summed E-state index contributed by atoms with van der Waals surface area (Å²) in [5, 5.41) is 18.9. The van der Waals surface area contributed by atoms with Crippen LogP contribution in [0.4, 0.5) is 21.0 Å². The molecule has 0 spiro atoms. The standard InChI is InChI=1S/C27H33N5O8S/c1-3-22(17-32(35)9-11-41(36,37)12-10-32)40-27(34)29-15-19-5-4-6-20(13-19)30-26(33)31-21-7-8-23(24(14-21)38-2)25-16-28-18-39-25/h4-8,13-14,16,18,22,35H,3,9-12,15,17H2,1-2H3,(H2-,29,30,31,33,34)/p+1. The minimum absolute atomic E-state index is 0.0682. The molecule has 1 fully saturated rings. The van der Waals surface area contributed by atoms with Gasteiger partial charge in [-0.3, -0.25) is 0 Å². The van der Waals surface area contributed by atoms with Crippen molar-refractivity contribution in [3.05, 3.63) is 60.6 Å². The number of anilines is 2. The van der Waals surface area contributed by atoms with Crippen LogP contribution in [0.2, 0.25) is 0 Å². The van der Waals surface area contributed by atoms with Crippen LogP contribution in [0.5, 0.6) is 5.75 Å². The maximum absolute atomic E-state index is 12.6. The summed E-state index contributed by atoms with van der Waals surface area (Å²) in [7, 11) is -1.62. The fourth-order valence-corrected chi connectivity index (χ4v) is 5.82. The van der Waals surface area contributed by atoms with Gasteiger partial charge in [0.2, 0.25) is 0 Å². The molecule has 1 aliphatic rings. The van der Waals surface area contributed by atoms with Crippen molar-refractivity contribution in [3.63, 3.8) is 0 Å². The number of carbonyl (C=O) groups excluding carboxylic acids is 2. The van der Waals surface area contributed by atoms with Gasteiger partial charge in [0.05, 0.1) is 18.9 Å². The molecule has 1 aromatic heterocycles. The molecule has 220 valence electrons. The number of urea groups is 1. The van der Waals surface area contributed by atoms with Crippen molar-refractivity contribution in [2.24, 2.45) is 0 Å². The highest BCUT2D eigenvalue weighted by Crippen LogP contribution is 2.32. The Morgan fingerprint density at radius 3 is 2.51 bits per heavy atom. The van der Waals surface area contributed by atoms with Gasteiger partial charge in [-0.1, -0.05) is 19.1 Å². The highest BCUT2D eigenvalue weighted by Gasteiger charge is 2.38. The Bertz CT molecular complexity index is 1450. The maximum Gasteiger partial charge on any atom is 0.407 e. The zero-order valence-electron chi connectivity index (χ0n) is 22.8. The summed E-state index contributed by atoms with van der Waals surface area (Å²) in [4.78, 5) is 29.0. The van der Waals surface area contributed by atoms with E-state index in [0.717, 1.165) is 5.56 Å². The minimum Gasteiger partial charge on any atom is -0.496 e. The summed E-state index contributed by atoms with van der Waals surface area (Å²) < 4.78 is 39.1. The number of alkyl carbamates (subject to hydrolysis) is 1. The zero-order chi connectivity index (χ0) is 29.5. The van der Waals surface area contributed by atoms with Crippen LogP contribution < -0.4 is 20.7 Å². The molecule has 4 rings (SSSR count). The number of aromatic nitrogens is 1. The molecule has 3 amide bonds. The lowest BCUT2D eigenvalue weighted by molar-refractivity contribution is -1.10. The normalized spacial score (nSPS) is 16.3. The van der Waals surface area contributed by atoms with E-state index < -0.39 is 32.7 Å². The average molecular weight is 589 g/mol. The van der Waals surface area contributed by atoms with Crippen molar-refractivity contribution in [1.29, 1.82) is 0 Å². The van der Waals surface area contributed by atoms with Crippen LogP contribution in [0, 0.1) is 0 Å². The van der Waals surface area contributed by atoms with Crippen LogP contribution in [-0.2, 0) is 21.1 Å². The van der Waals surface area contributed by atoms with E-state index >= 15 is 0 Å². The van der Waals surface area contributed by atoms with Gasteiger partial charge in [0.1, 0.15) is 36.9 Å². The van der Waals surface area contributed by atoms with E-state index in [9.17, 15) is 23.2 Å². The number of nitrogens with one attached hydrogen (secondary N) is 3. The molecule has 13 nitrogen and oxygen atoms in total. The van der Waals surface area contributed by atoms with Crippen LogP contribution in [0.15, 0.2) is 59.5 Å². The van der Waals surface area contributed by atoms with Crippen molar-refractivity contribution in [2.75, 3.05) is 48.9 Å². The molecule has 1 atom stereocenters. The fraction of sp³-hybridized carbons (Fsp3) is 0.370. The molecule has 0 bridgehead atoms. The molecular weight excluding hydrogens is 554 g/mol. The third-order valence-corrected chi connectivity index (χ3v) is 8.30. The van der Waals surface area contributed by atoms with Gasteiger partial charge in [0.15, 0.2) is 28.1 Å². The lowest BCUT2D eigenvalue weighted by atomic mass is 10.1. The Labute approximate surface area is 237 Å². The second kappa shape index (κ2) is 13.0. The van der Waals surface area contributed by atoms with Crippen molar-refractivity contribution in [1.82, 2.24) is 10.3 Å². The molecule has 14 heteroatoms. The van der Waals surface area contributed by atoms with Crippen LogP contribution in [0.25, 0.3) is 11.3 Å². The number of sulfone groups is 1. The number of hydroxylamine groups is 3. The highest BCUT2D eigenvalue weighted by molar-refractivity contribution is 7.91. The van der Waals surface area contributed by atoms with E-state index in [-0.39, 0.29) is 37.7 Å². The first kappa shape index (κ1) is 29.8. The maximum atomic E-state index is 12.6. The summed E-state index contributed by atoms with van der Waals surface area (Å²) >= 11 is 0. The number of carbonyl (C=O) groups is 2. The predicted molar refractivity (Wildman–Crippen MR) is 150 cm³/mol. The summed E-state index contributed by atoms with van der Waals surface area (Å²) in [6.07, 6.45) is 2.11. The topological polar surface area (TPSA) is 169 Å². The van der Waals surface area contributed by atoms with Crippen molar-refractivity contribution >= 4 is 33.3 Å². The summed E-state index contributed by atoms with van der Waals surface area (Å²) in [6.45, 7) is 2.22. The number of nitrogens with zero attached hydrogens (tertiary/aromatic N) is 2. The summed E-state index contributed by atoms with van der Waals surface area (Å²) in [5.41, 5.74) is 2.43. The number of quaternary nitrogens is 1. The van der Waals surface area contributed by atoms with E-state index in [1.807, 2.05) is 6.92 Å². The minimum atomic E-state index is -3.13. The second-order valence-corrected chi connectivity index (χ2v) is 12.0. The van der Waals surface area contributed by atoms with Gasteiger partial charge in [-0.05, 0) is 36.2 Å². The van der Waals surface area contributed by atoms with Crippen LogP contribution in [0.3, 0.4) is 0 Å². The van der Waals surface area contributed by atoms with Gasteiger partial charge < -0.3 is 29.8 Å². The number of amides is 3. The number of hydrogen-bond acceptors (Lipinski definition) is 9. The lowest BCUT2D eigenvalue weighted by Gasteiger charge is -2.35. The Balaban J connectivity index is 1.27. The van der Waals surface area contributed by atoms with Gasteiger partial charge in [-0.2, -0.15) is 4.65 Å². The SMILES string of the molecule is CCC(C[N+]1(O)CCS(=O)(=O)CC1)OC(=O)NCc1cccc(NC(=O)Nc2ccc(-c3cnco3)c(OC)c2)c1. The van der Waals surface area contributed by atoms with Crippen molar-refractivity contribution < 1.29 is 41.8 Å². The van der Waals surface area contributed by atoms with Crippen LogP contribution in [0.1, 0.15) is 18.9 Å². The molecule has 2 aromatic carbocycles. The Kier molecular flexibility index (Phi) is 9.47. The third kappa shape index (κ3) is 8.42. The number of rotatable bonds is 10. The van der Waals surface area contributed by atoms with E-state index in [1.165, 1.54) is 13.5 Å². The first-order valence-corrected chi connectivity index (χ1v) is 14.9. The molecule has 0 saturated carbocycles. The van der Waals surface area contributed by atoms with Crippen LogP contribution in [-0.4, -0.2) is 79.7 Å². The van der Waals surface area contributed by atoms with Gasteiger partial charge in [0, 0.05) is 24.0 Å². The molecule has 1 saturated heterocycles. The van der Waals surface area contributed by atoms with Crippen LogP contribution >= 0.6 is 0 Å². The van der Waals surface area contributed by atoms with E-state index in [2.05, 4.69) is 20.9 Å². The lowest BCUT2D eigenvalue weighted by Crippen LogP contribution is -2.57. The summed E-state index contributed by atoms with van der Waals surface area (Å²) in [6, 6.07) is 11.6. The third-order valence-electron chi connectivity index (χ3n) is 6.69. The smallest absolute Gasteiger partial charge is 0.407 e. The number of methoxy groups -OCH3 is 1. The first-order chi connectivity index (χ1) is 19.6. The van der Waals surface area contributed by atoms with Crippen molar-refractivity contribution in [3.8, 4) is 17.1 Å². The molecular formula is C27H34N5O8S+. The summed E-state index contributed by atoms with van der Waals surface area (Å²) in [5.74, 6) is 0.845. The molecule has 1 unspecified atom stereocenters. The Morgan fingerprint density at radius 1 is 1.12 bits per heavy atom. The number of oxazole rings is 1. The largest absolute Gasteiger partial charge is 0.496 e. The first-order valence-electron chi connectivity index (χ1n) is 13.1. The van der Waals surface area contributed by atoms with Crippen molar-refractivity contribution in [2.45, 2.75) is 26.0 Å². The van der Waals surface area contributed by atoms with Gasteiger partial charge >= 0.3 is 12.1 Å².